The molecule has 105 valence electrons. The fourth-order valence-corrected chi connectivity index (χ4v) is 2.91. The van der Waals surface area contributed by atoms with E-state index in [2.05, 4.69) is 15.1 Å². The van der Waals surface area contributed by atoms with Gasteiger partial charge in [0.1, 0.15) is 0 Å². The van der Waals surface area contributed by atoms with Crippen molar-refractivity contribution in [2.24, 2.45) is 7.05 Å². The van der Waals surface area contributed by atoms with E-state index in [4.69, 9.17) is 5.73 Å². The van der Waals surface area contributed by atoms with E-state index in [1.165, 1.54) is 0 Å². The first kappa shape index (κ1) is 16.6. The van der Waals surface area contributed by atoms with Crippen LogP contribution in [0, 0.1) is 0 Å². The smallest absolute Gasteiger partial charge is 0.356 e. The molecule has 0 aliphatic heterocycles. The molecule has 7 nitrogen and oxygen atoms in total. The number of hydrogen-bond donors (Lipinski definition) is 2. The Balaban J connectivity index is 0.00000161. The third-order valence-electron chi connectivity index (χ3n) is 3.67. The molecule has 2 aromatic rings. The van der Waals surface area contributed by atoms with Crippen molar-refractivity contribution < 1.29 is 9.90 Å². The minimum absolute atomic E-state index is 0. The third kappa shape index (κ3) is 2.55. The average molecular weight is 312 g/mol. The van der Waals surface area contributed by atoms with Gasteiger partial charge in [-0.1, -0.05) is 13.8 Å². The minimum atomic E-state index is -1.03. The Kier molecular flexibility index (Phi) is 4.29. The van der Waals surface area contributed by atoms with Crippen LogP contribution in [0.25, 0.3) is 11.4 Å². The van der Waals surface area contributed by atoms with Gasteiger partial charge in [-0.3, -0.25) is 4.68 Å². The number of aromatic carboxylic acids is 1. The Labute approximate surface area is 164 Å². The van der Waals surface area contributed by atoms with Crippen LogP contribution >= 0.6 is 0 Å². The number of carbonyl (C=O) groups is 1. The van der Waals surface area contributed by atoms with Crippen molar-refractivity contribution in [2.45, 2.75) is 25.7 Å². The fourth-order valence-electron chi connectivity index (χ4n) is 2.91. The number of aryl methyl sites for hydroxylation is 1. The van der Waals surface area contributed by atoms with Crippen LogP contribution in [-0.2, 0) is 18.9 Å². The average Bonchev–Trinajstić information content (AvgIpc) is 2.70. The number of carboxylic acids is 1. The molecule has 21 heavy (non-hydrogen) atoms. The van der Waals surface area contributed by atoms with E-state index < -0.39 is 5.97 Å². The number of hydrogen-bond acceptors (Lipinski definition) is 5. The van der Waals surface area contributed by atoms with Gasteiger partial charge in [0.2, 0.25) is 5.95 Å². The van der Waals surface area contributed by atoms with Crippen molar-refractivity contribution in [3.63, 3.8) is 0 Å². The molecule has 0 spiro atoms. The molecular formula is C13H15KN5O2. The van der Waals surface area contributed by atoms with Gasteiger partial charge in [0, 0.05) is 70.2 Å². The molecule has 3 rings (SSSR count). The van der Waals surface area contributed by atoms with Crippen LogP contribution in [0.5, 0.6) is 0 Å². The minimum Gasteiger partial charge on any atom is -0.476 e. The Bertz CT molecular complexity index is 738. The zero-order valence-electron chi connectivity index (χ0n) is 12.5. The maximum atomic E-state index is 11.4. The summed E-state index contributed by atoms with van der Waals surface area (Å²) < 4.78 is 1.56. The first-order valence-electron chi connectivity index (χ1n) is 6.24. The van der Waals surface area contributed by atoms with Crippen LogP contribution in [0.15, 0.2) is 6.20 Å². The maximum Gasteiger partial charge on any atom is 0.356 e. The number of nitrogens with zero attached hydrogens (tertiary/aromatic N) is 4. The Hall–Kier alpha value is -0.804. The summed E-state index contributed by atoms with van der Waals surface area (Å²) in [5.41, 5.74) is 8.44. The predicted molar refractivity (Wildman–Crippen MR) is 78.1 cm³/mol. The predicted octanol–water partition coefficient (Wildman–Crippen LogP) is 0.610. The molecule has 1 radical (unpaired) electrons. The maximum absolute atomic E-state index is 11.4. The van der Waals surface area contributed by atoms with Crippen LogP contribution in [0.4, 0.5) is 5.95 Å². The SMILES string of the molecule is Cn1nc(C(=O)O)c2c1-c1nc(N)ncc1CC2(C)C.[K]. The summed E-state index contributed by atoms with van der Waals surface area (Å²) in [6.07, 6.45) is 2.36. The van der Waals surface area contributed by atoms with Gasteiger partial charge in [0.25, 0.3) is 0 Å². The molecule has 2 heterocycles. The number of carboxylic acid groups (broad SMARTS) is 1. The van der Waals surface area contributed by atoms with Crippen molar-refractivity contribution in [3.8, 4) is 11.4 Å². The van der Waals surface area contributed by atoms with E-state index in [9.17, 15) is 9.90 Å². The topological polar surface area (TPSA) is 107 Å². The van der Waals surface area contributed by atoms with Crippen LogP contribution < -0.4 is 5.73 Å². The van der Waals surface area contributed by atoms with Gasteiger partial charge in [0.15, 0.2) is 5.69 Å². The number of nitrogens with two attached hydrogens (primary N) is 1. The second kappa shape index (κ2) is 5.44. The molecule has 0 fully saturated rings. The monoisotopic (exact) mass is 312 g/mol. The Morgan fingerprint density at radius 1 is 1.48 bits per heavy atom. The molecule has 0 aromatic carbocycles. The number of rotatable bonds is 1. The molecule has 0 bridgehead atoms. The zero-order chi connectivity index (χ0) is 14.7. The molecule has 3 N–H and O–H groups in total. The van der Waals surface area contributed by atoms with Crippen molar-refractivity contribution in [2.75, 3.05) is 5.73 Å². The number of anilines is 1. The molecule has 0 saturated carbocycles. The van der Waals surface area contributed by atoms with Gasteiger partial charge in [-0.05, 0) is 17.4 Å². The van der Waals surface area contributed by atoms with Crippen molar-refractivity contribution in [3.05, 3.63) is 23.0 Å². The Morgan fingerprint density at radius 3 is 2.76 bits per heavy atom. The summed E-state index contributed by atoms with van der Waals surface area (Å²) in [7, 11) is 1.72. The number of fused-ring (bicyclic) bond motifs is 3. The van der Waals surface area contributed by atoms with E-state index in [1.54, 1.807) is 17.9 Å². The first-order valence-corrected chi connectivity index (χ1v) is 6.24. The van der Waals surface area contributed by atoms with Gasteiger partial charge >= 0.3 is 5.97 Å². The van der Waals surface area contributed by atoms with Crippen LogP contribution in [0.2, 0.25) is 0 Å². The normalized spacial score (nSPS) is 14.8. The quantitative estimate of drug-likeness (QED) is 0.747. The van der Waals surface area contributed by atoms with E-state index in [0.29, 0.717) is 23.4 Å². The van der Waals surface area contributed by atoms with E-state index in [0.717, 1.165) is 5.56 Å². The van der Waals surface area contributed by atoms with Crippen molar-refractivity contribution in [1.29, 1.82) is 0 Å². The van der Waals surface area contributed by atoms with Crippen LogP contribution in [0.1, 0.15) is 35.5 Å². The molecule has 8 heteroatoms. The van der Waals surface area contributed by atoms with E-state index in [1.807, 2.05) is 13.8 Å². The van der Waals surface area contributed by atoms with Gasteiger partial charge in [-0.25, -0.2) is 14.8 Å². The Morgan fingerprint density at radius 2 is 2.14 bits per heavy atom. The molecule has 1 aliphatic carbocycles. The van der Waals surface area contributed by atoms with Gasteiger partial charge in [-0.15, -0.1) is 0 Å². The van der Waals surface area contributed by atoms with Crippen molar-refractivity contribution in [1.82, 2.24) is 19.7 Å². The summed E-state index contributed by atoms with van der Waals surface area (Å²) in [5.74, 6) is -0.854. The summed E-state index contributed by atoms with van der Waals surface area (Å²) in [6, 6.07) is 0. The molecule has 0 atom stereocenters. The second-order valence-electron chi connectivity index (χ2n) is 5.66. The van der Waals surface area contributed by atoms with Gasteiger partial charge in [-0.2, -0.15) is 5.10 Å². The van der Waals surface area contributed by atoms with Gasteiger partial charge in [0.05, 0.1) is 11.4 Å². The molecule has 0 saturated heterocycles. The number of nitrogen functional groups attached to an aromatic ring is 1. The molecule has 0 amide bonds. The standard InChI is InChI=1S/C13H15N5O2.K/c1-13(2)4-6-5-15-12(14)16-8(6)10-7(13)9(11(19)20)17-18(10)3;/h5H,4H2,1-3H3,(H,19,20)(H2,14,15,16);. The van der Waals surface area contributed by atoms with Gasteiger partial charge < -0.3 is 10.8 Å². The zero-order valence-corrected chi connectivity index (χ0v) is 15.6. The fraction of sp³-hybridized carbons (Fsp3) is 0.385. The summed E-state index contributed by atoms with van der Waals surface area (Å²) in [5, 5.41) is 13.5. The summed E-state index contributed by atoms with van der Waals surface area (Å²) in [4.78, 5) is 19.7. The molecule has 1 aliphatic rings. The van der Waals surface area contributed by atoms with E-state index >= 15 is 0 Å². The molecule has 0 unspecified atom stereocenters. The van der Waals surface area contributed by atoms with E-state index in [-0.39, 0.29) is 68.4 Å². The van der Waals surface area contributed by atoms with Crippen LogP contribution in [-0.4, -0.2) is 82.2 Å². The second-order valence-corrected chi connectivity index (χ2v) is 5.66. The van der Waals surface area contributed by atoms with Crippen LogP contribution in [0.3, 0.4) is 0 Å². The first-order chi connectivity index (χ1) is 9.31. The largest absolute Gasteiger partial charge is 0.476 e. The summed E-state index contributed by atoms with van der Waals surface area (Å²) >= 11 is 0. The summed E-state index contributed by atoms with van der Waals surface area (Å²) in [6.45, 7) is 4.00. The molecular weight excluding hydrogens is 297 g/mol. The number of aromatic nitrogens is 4. The third-order valence-corrected chi connectivity index (χ3v) is 3.67. The molecule has 2 aromatic heterocycles. The van der Waals surface area contributed by atoms with Crippen molar-refractivity contribution >= 4 is 63.3 Å².